The zero-order valence-electron chi connectivity index (χ0n) is 15.6. The first-order valence-electron chi connectivity index (χ1n) is 9.17. The van der Waals surface area contributed by atoms with Crippen LogP contribution in [0.2, 0.25) is 0 Å². The van der Waals surface area contributed by atoms with Gasteiger partial charge in [-0.25, -0.2) is 4.39 Å². The van der Waals surface area contributed by atoms with Gasteiger partial charge in [-0.1, -0.05) is 18.2 Å². The smallest absolute Gasteiger partial charge is 0.161 e. The lowest BCUT2D eigenvalue weighted by molar-refractivity contribution is 0.122. The molecule has 0 N–H and O–H groups in total. The van der Waals surface area contributed by atoms with Crippen LogP contribution in [0.3, 0.4) is 0 Å². The van der Waals surface area contributed by atoms with E-state index in [0.717, 1.165) is 56.3 Å². The fraction of sp³-hybridized carbons (Fsp3) is 0.429. The van der Waals surface area contributed by atoms with E-state index >= 15 is 0 Å². The molecule has 26 heavy (non-hydrogen) atoms. The molecule has 0 aliphatic carbocycles. The Labute approximate surface area is 155 Å². The van der Waals surface area contributed by atoms with Crippen LogP contribution in [0, 0.1) is 5.82 Å². The van der Waals surface area contributed by atoms with Crippen LogP contribution in [0.5, 0.6) is 11.5 Å². The SMILES string of the molecule is CCOc1cc(CN2CCN(Cc3ccc(F)cc3)CC2)ccc1OC. The van der Waals surface area contributed by atoms with E-state index in [1.165, 1.54) is 17.7 Å². The topological polar surface area (TPSA) is 24.9 Å². The van der Waals surface area contributed by atoms with Crippen LogP contribution < -0.4 is 9.47 Å². The van der Waals surface area contributed by atoms with Crippen molar-refractivity contribution in [1.82, 2.24) is 9.80 Å². The minimum Gasteiger partial charge on any atom is -0.493 e. The van der Waals surface area contributed by atoms with E-state index in [0.29, 0.717) is 6.61 Å². The van der Waals surface area contributed by atoms with Gasteiger partial charge in [0.1, 0.15) is 5.82 Å². The monoisotopic (exact) mass is 358 g/mol. The number of rotatable bonds is 7. The fourth-order valence-electron chi connectivity index (χ4n) is 3.30. The zero-order valence-corrected chi connectivity index (χ0v) is 15.6. The molecule has 2 aromatic carbocycles. The van der Waals surface area contributed by atoms with Crippen LogP contribution in [0.4, 0.5) is 4.39 Å². The van der Waals surface area contributed by atoms with Crippen LogP contribution in [0.25, 0.3) is 0 Å². The molecular weight excluding hydrogens is 331 g/mol. The highest BCUT2D eigenvalue weighted by Gasteiger charge is 2.17. The molecule has 1 fully saturated rings. The lowest BCUT2D eigenvalue weighted by atomic mass is 10.1. The highest BCUT2D eigenvalue weighted by Crippen LogP contribution is 2.28. The Morgan fingerprint density at radius 2 is 1.42 bits per heavy atom. The Morgan fingerprint density at radius 3 is 2.00 bits per heavy atom. The highest BCUT2D eigenvalue weighted by molar-refractivity contribution is 5.43. The van der Waals surface area contributed by atoms with Gasteiger partial charge in [0.15, 0.2) is 11.5 Å². The van der Waals surface area contributed by atoms with E-state index in [-0.39, 0.29) is 5.82 Å². The molecule has 0 bridgehead atoms. The molecule has 0 unspecified atom stereocenters. The third-order valence-corrected chi connectivity index (χ3v) is 4.72. The van der Waals surface area contributed by atoms with Gasteiger partial charge in [0.2, 0.25) is 0 Å². The Balaban J connectivity index is 1.52. The second-order valence-corrected chi connectivity index (χ2v) is 6.60. The maximum absolute atomic E-state index is 13.0. The first kappa shape index (κ1) is 18.7. The standard InChI is InChI=1S/C21H27FN2O2/c1-3-26-21-14-18(6-9-20(21)25-2)16-24-12-10-23(11-13-24)15-17-4-7-19(22)8-5-17/h4-9,14H,3,10-13,15-16H2,1-2H3. The van der Waals surface area contributed by atoms with Gasteiger partial charge >= 0.3 is 0 Å². The first-order chi connectivity index (χ1) is 12.7. The van der Waals surface area contributed by atoms with Gasteiger partial charge in [-0.2, -0.15) is 0 Å². The van der Waals surface area contributed by atoms with Crippen LogP contribution in [-0.4, -0.2) is 49.7 Å². The van der Waals surface area contributed by atoms with Gasteiger partial charge in [0.25, 0.3) is 0 Å². The quantitative estimate of drug-likeness (QED) is 0.756. The molecule has 0 aromatic heterocycles. The summed E-state index contributed by atoms with van der Waals surface area (Å²) in [6, 6.07) is 13.0. The molecule has 140 valence electrons. The van der Waals surface area contributed by atoms with Crippen molar-refractivity contribution >= 4 is 0 Å². The lowest BCUT2D eigenvalue weighted by Crippen LogP contribution is -2.45. The second-order valence-electron chi connectivity index (χ2n) is 6.60. The summed E-state index contributed by atoms with van der Waals surface area (Å²) in [7, 11) is 1.66. The van der Waals surface area contributed by atoms with Crippen molar-refractivity contribution in [2.75, 3.05) is 39.9 Å². The molecule has 0 spiro atoms. The summed E-state index contributed by atoms with van der Waals surface area (Å²) in [6.07, 6.45) is 0. The molecule has 0 radical (unpaired) electrons. The highest BCUT2D eigenvalue weighted by atomic mass is 19.1. The summed E-state index contributed by atoms with van der Waals surface area (Å²) in [5, 5.41) is 0. The van der Waals surface area contributed by atoms with E-state index in [1.54, 1.807) is 7.11 Å². The zero-order chi connectivity index (χ0) is 18.4. The van der Waals surface area contributed by atoms with Gasteiger partial charge in [-0.15, -0.1) is 0 Å². The second kappa shape index (κ2) is 9.01. The summed E-state index contributed by atoms with van der Waals surface area (Å²) >= 11 is 0. The summed E-state index contributed by atoms with van der Waals surface area (Å²) < 4.78 is 24.0. The predicted molar refractivity (Wildman–Crippen MR) is 101 cm³/mol. The predicted octanol–water partition coefficient (Wildman–Crippen LogP) is 3.55. The number of nitrogens with zero attached hydrogens (tertiary/aromatic N) is 2. The van der Waals surface area contributed by atoms with Gasteiger partial charge in [-0.05, 0) is 42.3 Å². The Bertz CT molecular complexity index is 698. The maximum atomic E-state index is 13.0. The van der Waals surface area contributed by atoms with E-state index in [1.807, 2.05) is 25.1 Å². The van der Waals surface area contributed by atoms with Crippen LogP contribution >= 0.6 is 0 Å². The minimum absolute atomic E-state index is 0.176. The molecule has 1 aliphatic heterocycles. The molecule has 1 heterocycles. The molecule has 0 atom stereocenters. The molecule has 1 aliphatic rings. The molecule has 0 amide bonds. The van der Waals surface area contributed by atoms with E-state index < -0.39 is 0 Å². The van der Waals surface area contributed by atoms with Crippen LogP contribution in [-0.2, 0) is 13.1 Å². The molecule has 3 rings (SSSR count). The molecule has 5 heteroatoms. The Morgan fingerprint density at radius 1 is 0.846 bits per heavy atom. The number of hydrogen-bond donors (Lipinski definition) is 0. The minimum atomic E-state index is -0.176. The van der Waals surface area contributed by atoms with Crippen LogP contribution in [0.15, 0.2) is 42.5 Å². The summed E-state index contributed by atoms with van der Waals surface area (Å²) in [5.41, 5.74) is 2.40. The van der Waals surface area contributed by atoms with Gasteiger partial charge in [-0.3, -0.25) is 9.80 Å². The Hall–Kier alpha value is -2.11. The van der Waals surface area contributed by atoms with Gasteiger partial charge < -0.3 is 9.47 Å². The molecule has 2 aromatic rings. The normalized spacial score (nSPS) is 15.8. The lowest BCUT2D eigenvalue weighted by Gasteiger charge is -2.34. The summed E-state index contributed by atoms with van der Waals surface area (Å²) in [5.74, 6) is 1.41. The third kappa shape index (κ3) is 4.96. The average Bonchev–Trinajstić information content (AvgIpc) is 2.66. The molecule has 0 saturated carbocycles. The number of halogens is 1. The first-order valence-corrected chi connectivity index (χ1v) is 9.17. The van der Waals surface area contributed by atoms with E-state index in [2.05, 4.69) is 21.9 Å². The number of piperazine rings is 1. The Kier molecular flexibility index (Phi) is 6.47. The molecular formula is C21H27FN2O2. The maximum Gasteiger partial charge on any atom is 0.161 e. The van der Waals surface area contributed by atoms with Crippen molar-refractivity contribution in [3.63, 3.8) is 0 Å². The van der Waals surface area contributed by atoms with Crippen molar-refractivity contribution in [3.8, 4) is 11.5 Å². The van der Waals surface area contributed by atoms with E-state index in [4.69, 9.17) is 9.47 Å². The van der Waals surface area contributed by atoms with Crippen LogP contribution in [0.1, 0.15) is 18.1 Å². The fourth-order valence-corrected chi connectivity index (χ4v) is 3.30. The molecule has 1 saturated heterocycles. The van der Waals surface area contributed by atoms with Crippen molar-refractivity contribution in [2.45, 2.75) is 20.0 Å². The van der Waals surface area contributed by atoms with Crippen molar-refractivity contribution < 1.29 is 13.9 Å². The summed E-state index contributed by atoms with van der Waals surface area (Å²) in [6.45, 7) is 8.49. The van der Waals surface area contributed by atoms with Gasteiger partial charge in [0, 0.05) is 39.3 Å². The van der Waals surface area contributed by atoms with Crippen molar-refractivity contribution in [1.29, 1.82) is 0 Å². The third-order valence-electron chi connectivity index (χ3n) is 4.72. The van der Waals surface area contributed by atoms with Gasteiger partial charge in [0.05, 0.1) is 13.7 Å². The summed E-state index contributed by atoms with van der Waals surface area (Å²) in [4.78, 5) is 4.88. The number of methoxy groups -OCH3 is 1. The molecule has 4 nitrogen and oxygen atoms in total. The average molecular weight is 358 g/mol. The number of ether oxygens (including phenoxy) is 2. The number of hydrogen-bond acceptors (Lipinski definition) is 4. The number of benzene rings is 2. The van der Waals surface area contributed by atoms with Crippen molar-refractivity contribution in [2.24, 2.45) is 0 Å². The largest absolute Gasteiger partial charge is 0.493 e. The van der Waals surface area contributed by atoms with E-state index in [9.17, 15) is 4.39 Å². The van der Waals surface area contributed by atoms with Crippen molar-refractivity contribution in [3.05, 3.63) is 59.4 Å².